The number of rotatable bonds is 12. The molecule has 53 heavy (non-hydrogen) atoms. The smallest absolute Gasteiger partial charge is 0.306 e. The molecule has 0 radical (unpaired) electrons. The van der Waals surface area contributed by atoms with E-state index >= 15 is 0 Å². The lowest BCUT2D eigenvalue weighted by Gasteiger charge is -2.46. The zero-order chi connectivity index (χ0) is 41.1. The van der Waals surface area contributed by atoms with Gasteiger partial charge in [-0.3, -0.25) is 4.85 Å². The lowest BCUT2D eigenvalue weighted by atomic mass is 9.75. The molecule has 2 saturated heterocycles. The van der Waals surface area contributed by atoms with Gasteiger partial charge in [-0.2, -0.15) is 0 Å². The number of nitrogens with one attached hydrogen (secondary N) is 2. The third kappa shape index (κ3) is 16.2. The summed E-state index contributed by atoms with van der Waals surface area (Å²) in [6.45, 7) is 38.6. The third-order valence-corrected chi connectivity index (χ3v) is 12.5. The summed E-state index contributed by atoms with van der Waals surface area (Å²) in [5, 5.41) is 79.8. The summed E-state index contributed by atoms with van der Waals surface area (Å²) in [4.78, 5) is 6.95. The quantitative estimate of drug-likeness (QED) is 0.0988. The molecule has 0 aromatic heterocycles. The summed E-state index contributed by atoms with van der Waals surface area (Å²) in [5.74, 6) is 0.448. The van der Waals surface area contributed by atoms with Gasteiger partial charge in [-0.1, -0.05) is 26.7 Å². The summed E-state index contributed by atoms with van der Waals surface area (Å²) >= 11 is 0. The van der Waals surface area contributed by atoms with Crippen LogP contribution in [0.4, 0.5) is 0 Å². The Labute approximate surface area is 321 Å². The molecular weight excluding hydrogens is 737 g/mol. The van der Waals surface area contributed by atoms with Gasteiger partial charge in [0.1, 0.15) is 18.3 Å². The minimum Gasteiger partial charge on any atom is -0.417 e. The Balaban J connectivity index is 0.000000427. The summed E-state index contributed by atoms with van der Waals surface area (Å²) < 4.78 is 19.5. The Hall–Kier alpha value is -0.889. The summed E-state index contributed by atoms with van der Waals surface area (Å²) in [6.07, 6.45) is -4.61. The fraction of sp³-hybridized carbons (Fsp3) is 0.943. The van der Waals surface area contributed by atoms with Crippen molar-refractivity contribution < 1.29 is 54.1 Å². The molecule has 3 fully saturated rings. The van der Waals surface area contributed by atoms with E-state index in [9.17, 15) is 30.6 Å². The van der Waals surface area contributed by atoms with E-state index in [0.717, 1.165) is 25.7 Å². The van der Waals surface area contributed by atoms with E-state index in [4.69, 9.17) is 36.6 Å². The van der Waals surface area contributed by atoms with Crippen LogP contribution in [0.1, 0.15) is 39.5 Å². The predicted molar refractivity (Wildman–Crippen MR) is 211 cm³/mol. The van der Waals surface area contributed by atoms with E-state index in [1.807, 2.05) is 6.92 Å². The number of aliphatic hydroxyl groups is 8. The van der Waals surface area contributed by atoms with Crippen molar-refractivity contribution in [3.05, 3.63) is 22.8 Å². The molecular formula is C35H72N4O11Si3. The highest BCUT2D eigenvalue weighted by Gasteiger charge is 2.50. The van der Waals surface area contributed by atoms with Crippen LogP contribution in [0.5, 0.6) is 0 Å². The van der Waals surface area contributed by atoms with Crippen LogP contribution in [-0.4, -0.2) is 165 Å². The van der Waals surface area contributed by atoms with Gasteiger partial charge in [0.25, 0.3) is 0 Å². The maximum atomic E-state index is 9.69. The number of nitrogens with zero attached hydrogens (tertiary/aromatic N) is 2. The van der Waals surface area contributed by atoms with Gasteiger partial charge in [-0.25, -0.2) is 18.5 Å². The van der Waals surface area contributed by atoms with Crippen molar-refractivity contribution in [1.29, 1.82) is 0 Å². The number of aliphatic hydroxyl groups excluding tert-OH is 8. The van der Waals surface area contributed by atoms with Gasteiger partial charge in [-0.05, 0) is 65.3 Å². The second-order valence-electron chi connectivity index (χ2n) is 17.5. The highest BCUT2D eigenvalue weighted by molar-refractivity contribution is 6.70. The molecule has 2 aliphatic heterocycles. The zero-order valence-electron chi connectivity index (χ0n) is 33.8. The molecule has 0 amide bonds. The first-order chi connectivity index (χ1) is 24.4. The van der Waals surface area contributed by atoms with E-state index in [0.29, 0.717) is 6.61 Å². The van der Waals surface area contributed by atoms with E-state index in [-0.39, 0.29) is 42.7 Å². The second-order valence-corrected chi connectivity index (χ2v) is 31.0. The molecule has 0 spiro atoms. The maximum absolute atomic E-state index is 9.69. The van der Waals surface area contributed by atoms with E-state index in [2.05, 4.69) is 86.2 Å². The van der Waals surface area contributed by atoms with Crippen molar-refractivity contribution in [2.45, 2.75) is 178 Å². The van der Waals surface area contributed by atoms with Crippen molar-refractivity contribution in [3.63, 3.8) is 0 Å². The number of hydrogen-bond donors (Lipinski definition) is 10. The molecule has 0 bridgehead atoms. The van der Waals surface area contributed by atoms with Gasteiger partial charge in [-0.15, -0.1) is 0 Å². The molecule has 0 unspecified atom stereocenters. The van der Waals surface area contributed by atoms with Crippen LogP contribution in [0, 0.1) is 25.0 Å². The molecule has 0 aromatic carbocycles. The van der Waals surface area contributed by atoms with Crippen molar-refractivity contribution in [3.8, 4) is 0 Å². The second kappa shape index (κ2) is 22.2. The topological polar surface area (TPSA) is 222 Å². The van der Waals surface area contributed by atoms with Gasteiger partial charge in [0, 0.05) is 25.0 Å². The molecule has 15 nitrogen and oxygen atoms in total. The number of piperidine rings is 2. The van der Waals surface area contributed by atoms with Gasteiger partial charge >= 0.3 is 6.17 Å². The first-order valence-electron chi connectivity index (χ1n) is 18.9. The first kappa shape index (κ1) is 50.1. The molecule has 18 heteroatoms. The number of hydrogen-bond acceptors (Lipinski definition) is 13. The third-order valence-electron chi connectivity index (χ3n) is 9.51. The average Bonchev–Trinajstić information content (AvgIpc) is 3.06. The van der Waals surface area contributed by atoms with E-state index in [1.165, 1.54) is 0 Å². The van der Waals surface area contributed by atoms with Crippen LogP contribution in [0.3, 0.4) is 0 Å². The molecule has 2 heterocycles. The van der Waals surface area contributed by atoms with E-state index < -0.39 is 86.4 Å². The Morgan fingerprint density at radius 1 is 0.642 bits per heavy atom. The van der Waals surface area contributed by atoms with Crippen molar-refractivity contribution in [1.82, 2.24) is 10.6 Å². The SMILES string of the molecule is CCCC[C@H]1N[C@H](CO)[C@@H](O)[C@H](O)[C@H]1O.[C-]#[N+][C@H]1C[C@H](CO[Si](C)(C)C)[C@@H](O[Si](C)(C)C)[C@H](O[Si](C)(C)C)[C@H]1C.[C-]#[N+][C@H]1N[C@H](CO)[C@@H](O)[C@H](O)[C@H]1O. The van der Waals surface area contributed by atoms with Crippen LogP contribution in [0.2, 0.25) is 58.9 Å². The van der Waals surface area contributed by atoms with Crippen LogP contribution in [0.15, 0.2) is 0 Å². The highest BCUT2D eigenvalue weighted by Crippen LogP contribution is 2.38. The Bertz CT molecular complexity index is 1140. The normalized spacial score (nSPS) is 37.9. The van der Waals surface area contributed by atoms with Crippen molar-refractivity contribution in [2.75, 3.05) is 19.8 Å². The summed E-state index contributed by atoms with van der Waals surface area (Å²) in [5.41, 5.74) is 0. The first-order valence-corrected chi connectivity index (χ1v) is 29.1. The fourth-order valence-electron chi connectivity index (χ4n) is 6.60. The lowest BCUT2D eigenvalue weighted by molar-refractivity contribution is -0.120. The maximum Gasteiger partial charge on any atom is 0.306 e. The van der Waals surface area contributed by atoms with Crippen LogP contribution in [0.25, 0.3) is 9.69 Å². The molecule has 310 valence electrons. The van der Waals surface area contributed by atoms with Crippen LogP contribution in [-0.2, 0) is 13.3 Å². The standard InChI is InChI=1S/C18H39NO3Si3.C10H21NO4.C7H12N2O4/c1-14-16(19-2)12-15(13-20-23(3,4)5)18(22-25(9,10)11)17(14)21-24(6,7)8;1-2-3-4-6-8(13)10(15)9(14)7(5-12)11-6;1-8-7-6(13)5(12)4(11)3(2-10)9-7/h14-18H,12-13H2,1,3-11H3;6-15H,2-5H2,1H3;3-7,9-13H,2H2/t14-,15+,16-,17+,18+;6-,7-,8+,9-,10-;3-,4-,5+,6-,7+/m011/s1. The largest absolute Gasteiger partial charge is 0.417 e. The van der Waals surface area contributed by atoms with Gasteiger partial charge < -0.3 is 64.3 Å². The zero-order valence-corrected chi connectivity index (χ0v) is 36.8. The van der Waals surface area contributed by atoms with Crippen LogP contribution >= 0.6 is 0 Å². The Kier molecular flexibility index (Phi) is 21.0. The monoisotopic (exact) mass is 808 g/mol. The van der Waals surface area contributed by atoms with Crippen LogP contribution < -0.4 is 10.6 Å². The molecule has 1 aliphatic carbocycles. The van der Waals surface area contributed by atoms with Crippen molar-refractivity contribution in [2.24, 2.45) is 11.8 Å². The average molecular weight is 809 g/mol. The summed E-state index contributed by atoms with van der Waals surface area (Å²) in [7, 11) is -5.06. The highest BCUT2D eigenvalue weighted by atomic mass is 28.4. The molecule has 0 aromatic rings. The minimum absolute atomic E-state index is 0.00137. The van der Waals surface area contributed by atoms with Gasteiger partial charge in [0.15, 0.2) is 31.1 Å². The number of unbranched alkanes of at least 4 members (excludes halogenated alkanes) is 1. The predicted octanol–water partition coefficient (Wildman–Crippen LogP) is 1.09. The fourth-order valence-corrected chi connectivity index (χ4v) is 9.62. The summed E-state index contributed by atoms with van der Waals surface area (Å²) in [6, 6.07) is -1.57. The molecule has 10 N–H and O–H groups in total. The van der Waals surface area contributed by atoms with E-state index in [1.54, 1.807) is 0 Å². The molecule has 3 aliphatic rings. The minimum atomic E-state index is -1.73. The molecule has 3 rings (SSSR count). The molecule has 15 atom stereocenters. The Morgan fingerprint density at radius 3 is 1.55 bits per heavy atom. The molecule has 1 saturated carbocycles. The Morgan fingerprint density at radius 2 is 1.11 bits per heavy atom. The van der Waals surface area contributed by atoms with Gasteiger partial charge in [0.05, 0.1) is 55.6 Å². The van der Waals surface area contributed by atoms with Crippen molar-refractivity contribution >= 4 is 25.0 Å². The lowest BCUT2D eigenvalue weighted by Crippen LogP contribution is -2.65. The van der Waals surface area contributed by atoms with Gasteiger partial charge in [0.2, 0.25) is 6.04 Å².